The lowest BCUT2D eigenvalue weighted by atomic mass is 10.0. The van der Waals surface area contributed by atoms with Gasteiger partial charge in [-0.1, -0.05) is 182 Å². The third-order valence-corrected chi connectivity index (χ3v) is 17.7. The normalized spacial score (nSPS) is 13.6. The number of fused-ring (bicyclic) bond motifs is 6. The van der Waals surface area contributed by atoms with E-state index in [1.807, 2.05) is 187 Å². The number of carbonyl (C=O) groups excluding carboxylic acids is 7. The van der Waals surface area contributed by atoms with Gasteiger partial charge >= 0.3 is 6.09 Å². The van der Waals surface area contributed by atoms with Gasteiger partial charge in [-0.25, -0.2) is 4.79 Å². The van der Waals surface area contributed by atoms with Crippen molar-refractivity contribution in [2.24, 2.45) is 5.73 Å². The standard InChI is InChI=1S/C87H97N9O14/c1-87(2,3)110-86(103)94-48-25-38-67(95-85(102)73-44-43-70(82(99)91-49-45-88)78(108-59-65-34-19-8-20-35-65)79(73)109-60-66-36-21-9-22-37-66)54-96-52-50-92-83(100)71-41-39-68(74(104-55-61-26-11-4-12-27-61)76(71)106-57-63-30-15-6-16-31-63)80(97)89-46-23-10-24-47-90-81(98)69-40-42-72(84(101)93-51-53-96)77(107-58-64-32-17-7-18-33-64)75(69)105-56-62-28-13-5-14-29-62/h4-9,11-22,26-37,39-44,67H,10,23-25,38,45-60,88H2,1-3H3,(H,89,97)(H,90,98)(H,91,99)(H,92,100)(H,93,101)(H,94,103)(H,95,102). The summed E-state index contributed by atoms with van der Waals surface area (Å²) < 4.78 is 45.2. The Bertz CT molecular complexity index is 4300. The summed E-state index contributed by atoms with van der Waals surface area (Å²) in [4.78, 5) is 104. The minimum atomic E-state index is -0.786. The van der Waals surface area contributed by atoms with Crippen molar-refractivity contribution in [2.75, 3.05) is 65.4 Å². The predicted molar refractivity (Wildman–Crippen MR) is 420 cm³/mol. The van der Waals surface area contributed by atoms with Crippen molar-refractivity contribution in [1.82, 2.24) is 42.1 Å². The van der Waals surface area contributed by atoms with Crippen molar-refractivity contribution < 1.29 is 66.7 Å². The first-order chi connectivity index (χ1) is 53.6. The van der Waals surface area contributed by atoms with Crippen LogP contribution in [0.4, 0.5) is 4.79 Å². The molecule has 10 rings (SSSR count). The largest absolute Gasteiger partial charge is 0.484 e. The molecule has 0 fully saturated rings. The number of benzene rings is 9. The topological polar surface area (TPSA) is 298 Å². The number of nitrogens with zero attached hydrogens (tertiary/aromatic N) is 1. The maximum atomic E-state index is 15.6. The van der Waals surface area contributed by atoms with Crippen LogP contribution in [-0.2, 0) is 44.4 Å². The Morgan fingerprint density at radius 2 is 0.718 bits per heavy atom. The van der Waals surface area contributed by atoms with E-state index in [1.165, 1.54) is 24.3 Å². The van der Waals surface area contributed by atoms with E-state index in [1.54, 1.807) is 32.9 Å². The van der Waals surface area contributed by atoms with Gasteiger partial charge in [0.15, 0.2) is 34.5 Å². The van der Waals surface area contributed by atoms with E-state index in [4.69, 9.17) is 38.9 Å². The van der Waals surface area contributed by atoms with Crippen molar-refractivity contribution in [1.29, 1.82) is 0 Å². The first-order valence-corrected chi connectivity index (χ1v) is 37.2. The minimum Gasteiger partial charge on any atom is -0.484 e. The molecule has 1 heterocycles. The second kappa shape index (κ2) is 41.8. The zero-order chi connectivity index (χ0) is 77.3. The summed E-state index contributed by atoms with van der Waals surface area (Å²) in [5.74, 6) is -2.97. The molecule has 9 aromatic carbocycles. The van der Waals surface area contributed by atoms with Crippen LogP contribution in [0.5, 0.6) is 34.5 Å². The fraction of sp³-hybridized carbons (Fsp3) is 0.299. The van der Waals surface area contributed by atoms with E-state index in [2.05, 4.69) is 37.2 Å². The average molecular weight is 1490 g/mol. The molecule has 0 saturated heterocycles. The maximum Gasteiger partial charge on any atom is 0.407 e. The third kappa shape index (κ3) is 24.7. The fourth-order valence-corrected chi connectivity index (χ4v) is 12.1. The summed E-state index contributed by atoms with van der Waals surface area (Å²) in [5, 5.41) is 21.2. The van der Waals surface area contributed by atoms with E-state index in [-0.39, 0.29) is 179 Å². The van der Waals surface area contributed by atoms with Crippen LogP contribution in [0, 0.1) is 0 Å². The summed E-state index contributed by atoms with van der Waals surface area (Å²) in [6, 6.07) is 64.7. The fourth-order valence-electron chi connectivity index (χ4n) is 12.1. The quantitative estimate of drug-likeness (QED) is 0.0202. The lowest BCUT2D eigenvalue weighted by molar-refractivity contribution is 0.0524. The smallest absolute Gasteiger partial charge is 0.407 e. The molecule has 110 heavy (non-hydrogen) atoms. The number of rotatable bonds is 29. The highest BCUT2D eigenvalue weighted by Gasteiger charge is 2.31. The molecule has 1 aliphatic rings. The van der Waals surface area contributed by atoms with Crippen LogP contribution < -0.4 is 71.4 Å². The van der Waals surface area contributed by atoms with Crippen LogP contribution in [0.3, 0.4) is 0 Å². The number of amides is 7. The molecule has 0 saturated carbocycles. The molecule has 23 heteroatoms. The molecule has 7 amide bonds. The third-order valence-electron chi connectivity index (χ3n) is 17.7. The molecule has 574 valence electrons. The van der Waals surface area contributed by atoms with Gasteiger partial charge < -0.3 is 76.1 Å². The highest BCUT2D eigenvalue weighted by molar-refractivity contribution is 6.05. The van der Waals surface area contributed by atoms with Crippen LogP contribution in [0.25, 0.3) is 0 Å². The lowest BCUT2D eigenvalue weighted by Crippen LogP contribution is -2.48. The summed E-state index contributed by atoms with van der Waals surface area (Å²) in [6.45, 7) is 6.53. The van der Waals surface area contributed by atoms with Gasteiger partial charge in [0.2, 0.25) is 0 Å². The summed E-state index contributed by atoms with van der Waals surface area (Å²) in [7, 11) is 0. The van der Waals surface area contributed by atoms with Crippen molar-refractivity contribution in [3.05, 3.63) is 285 Å². The Morgan fingerprint density at radius 3 is 1.05 bits per heavy atom. The molecule has 1 unspecified atom stereocenters. The molecular formula is C87H97N9O14. The van der Waals surface area contributed by atoms with Gasteiger partial charge in [-0.05, 0) is 123 Å². The van der Waals surface area contributed by atoms with Crippen molar-refractivity contribution in [3.8, 4) is 34.5 Å². The van der Waals surface area contributed by atoms with Crippen molar-refractivity contribution in [2.45, 2.75) is 104 Å². The Morgan fingerprint density at radius 1 is 0.400 bits per heavy atom. The second-order valence-electron chi connectivity index (χ2n) is 27.3. The van der Waals surface area contributed by atoms with Crippen molar-refractivity contribution >= 4 is 41.5 Å². The zero-order valence-electron chi connectivity index (χ0n) is 62.5. The van der Waals surface area contributed by atoms with Gasteiger partial charge in [0.05, 0.1) is 33.4 Å². The molecule has 1 aliphatic heterocycles. The predicted octanol–water partition coefficient (Wildman–Crippen LogP) is 12.1. The summed E-state index contributed by atoms with van der Waals surface area (Å²) in [5.41, 5.74) is 10.3. The van der Waals surface area contributed by atoms with Gasteiger partial charge in [-0.3, -0.25) is 33.7 Å². The number of nitrogens with one attached hydrogen (secondary N) is 7. The molecule has 0 aromatic heterocycles. The molecule has 9 N–H and O–H groups in total. The SMILES string of the molecule is CC(C)(C)OC(=O)NCCCC(CN1CCNC(=O)c2ccc(c(OCc3ccccc3)c2OCc2ccccc2)C(=O)NCCCCCNC(=O)c2ccc(c(OCc3ccccc3)c2OCc2ccccc2)C(=O)NCC1)NC(=O)c1ccc(C(=O)NCCN)c(OCc2ccccc2)c1OCc1ccccc1. The van der Waals surface area contributed by atoms with Crippen molar-refractivity contribution in [3.63, 3.8) is 0 Å². The zero-order valence-corrected chi connectivity index (χ0v) is 62.5. The van der Waals surface area contributed by atoms with E-state index in [0.29, 0.717) is 25.7 Å². The molecule has 0 spiro atoms. The number of hydrogen-bond donors (Lipinski definition) is 8. The molecule has 0 radical (unpaired) electrons. The van der Waals surface area contributed by atoms with Crippen LogP contribution in [0.1, 0.15) is 148 Å². The van der Waals surface area contributed by atoms with Gasteiger partial charge in [0, 0.05) is 71.5 Å². The highest BCUT2D eigenvalue weighted by Crippen LogP contribution is 2.40. The number of alkyl carbamates (subject to hydrolysis) is 1. The van der Waals surface area contributed by atoms with Crippen LogP contribution in [0.2, 0.25) is 0 Å². The Labute approximate surface area is 642 Å². The number of hydrogen-bond acceptors (Lipinski definition) is 16. The van der Waals surface area contributed by atoms with Crippen LogP contribution >= 0.6 is 0 Å². The Kier molecular flexibility index (Phi) is 30.5. The van der Waals surface area contributed by atoms with Gasteiger partial charge in [-0.2, -0.15) is 0 Å². The van der Waals surface area contributed by atoms with Crippen LogP contribution in [0.15, 0.2) is 218 Å². The van der Waals surface area contributed by atoms with Crippen LogP contribution in [-0.4, -0.2) is 124 Å². The first-order valence-electron chi connectivity index (χ1n) is 37.2. The van der Waals surface area contributed by atoms with Gasteiger partial charge in [-0.15, -0.1) is 0 Å². The molecule has 1 atom stereocenters. The van der Waals surface area contributed by atoms with E-state index >= 15 is 14.4 Å². The van der Waals surface area contributed by atoms with E-state index < -0.39 is 53.2 Å². The van der Waals surface area contributed by atoms with E-state index in [0.717, 1.165) is 33.4 Å². The maximum absolute atomic E-state index is 15.6. The molecule has 4 bridgehead atoms. The van der Waals surface area contributed by atoms with E-state index in [9.17, 15) is 19.2 Å². The minimum absolute atomic E-state index is 0.00145. The monoisotopic (exact) mass is 1490 g/mol. The summed E-state index contributed by atoms with van der Waals surface area (Å²) in [6.07, 6.45) is 1.64. The first kappa shape index (κ1) is 80.3. The number of ether oxygens (including phenoxy) is 7. The number of nitrogens with two attached hydrogens (primary N) is 1. The molecular weight excluding hydrogens is 1400 g/mol. The Hall–Kier alpha value is -12.2. The molecule has 0 aliphatic carbocycles. The molecule has 23 nitrogen and oxygen atoms in total. The number of carbonyl (C=O) groups is 7. The lowest BCUT2D eigenvalue weighted by Gasteiger charge is -2.29. The van der Waals surface area contributed by atoms with Gasteiger partial charge in [0.1, 0.15) is 45.2 Å². The Balaban J connectivity index is 1.04. The van der Waals surface area contributed by atoms with Gasteiger partial charge in [0.25, 0.3) is 35.4 Å². The highest BCUT2D eigenvalue weighted by atomic mass is 16.6. The summed E-state index contributed by atoms with van der Waals surface area (Å²) >= 11 is 0. The second-order valence-corrected chi connectivity index (χ2v) is 27.3. The average Bonchev–Trinajstić information content (AvgIpc) is 0.802. The molecule has 9 aromatic rings.